The van der Waals surface area contributed by atoms with Crippen LogP contribution in [0.15, 0.2) is 18.2 Å². The Morgan fingerprint density at radius 3 is 2.27 bits per heavy atom. The molecule has 1 aromatic rings. The quantitative estimate of drug-likeness (QED) is 0.646. The van der Waals surface area contributed by atoms with Crippen molar-refractivity contribution in [1.82, 2.24) is 0 Å². The molecule has 5 heteroatoms. The maximum atomic E-state index is 12.9. The molecule has 0 atom stereocenters. The number of ketones is 2. The van der Waals surface area contributed by atoms with Crippen LogP contribution in [0.2, 0.25) is 0 Å². The van der Waals surface area contributed by atoms with E-state index < -0.39 is 5.92 Å². The number of Topliss-reactive ketones (excluding diaryl/α,β-unsaturated/α-hetero) is 2. The van der Waals surface area contributed by atoms with E-state index in [2.05, 4.69) is 0 Å². The summed E-state index contributed by atoms with van der Waals surface area (Å²) >= 11 is 0. The van der Waals surface area contributed by atoms with Crippen molar-refractivity contribution in [2.24, 2.45) is 17.7 Å². The van der Waals surface area contributed by atoms with Crippen LogP contribution in [0.5, 0.6) is 5.75 Å². The molecule has 140 valence electrons. The topological polar surface area (TPSA) is 78.6 Å². The first-order valence-electron chi connectivity index (χ1n) is 9.79. The Hall–Kier alpha value is -1.72. The van der Waals surface area contributed by atoms with Crippen molar-refractivity contribution in [3.63, 3.8) is 0 Å². The van der Waals surface area contributed by atoms with Gasteiger partial charge in [-0.3, -0.25) is 9.59 Å². The average molecular weight is 357 g/mol. The minimum absolute atomic E-state index is 0.0642. The zero-order chi connectivity index (χ0) is 18.1. The number of hydrogen-bond donors (Lipinski definition) is 1. The van der Waals surface area contributed by atoms with Crippen molar-refractivity contribution in [3.05, 3.63) is 29.3 Å². The van der Waals surface area contributed by atoms with Crippen LogP contribution in [0, 0.1) is 11.8 Å². The van der Waals surface area contributed by atoms with Gasteiger partial charge in [0.1, 0.15) is 23.2 Å². The molecule has 26 heavy (non-hydrogen) atoms. The van der Waals surface area contributed by atoms with Crippen molar-refractivity contribution in [3.8, 4) is 5.75 Å². The molecule has 1 aromatic carbocycles. The number of ether oxygens (including phenoxy) is 1. The summed E-state index contributed by atoms with van der Waals surface area (Å²) in [5, 5.41) is 0. The summed E-state index contributed by atoms with van der Waals surface area (Å²) in [6.45, 7) is 1.61. The fourth-order valence-electron chi connectivity index (χ4n) is 4.67. The fourth-order valence-corrected chi connectivity index (χ4v) is 4.67. The molecule has 1 saturated heterocycles. The van der Waals surface area contributed by atoms with Crippen molar-refractivity contribution >= 4 is 11.6 Å². The van der Waals surface area contributed by atoms with Crippen molar-refractivity contribution in [2.75, 3.05) is 13.2 Å². The molecule has 0 aromatic heterocycles. The van der Waals surface area contributed by atoms with Crippen LogP contribution in [0.25, 0.3) is 0 Å². The van der Waals surface area contributed by atoms with Gasteiger partial charge >= 0.3 is 0 Å². The van der Waals surface area contributed by atoms with Crippen molar-refractivity contribution in [1.29, 1.82) is 0 Å². The summed E-state index contributed by atoms with van der Waals surface area (Å²) in [4.78, 5) is 30.7. The second-order valence-electron chi connectivity index (χ2n) is 8.11. The predicted octanol–water partition coefficient (Wildman–Crippen LogP) is 3.27. The zero-order valence-electron chi connectivity index (χ0n) is 15.1. The highest BCUT2D eigenvalue weighted by molar-refractivity contribution is 6.10. The van der Waals surface area contributed by atoms with Gasteiger partial charge in [-0.1, -0.05) is 6.07 Å². The summed E-state index contributed by atoms with van der Waals surface area (Å²) < 4.78 is 5.41. The molecule has 1 aliphatic heterocycles. The van der Waals surface area contributed by atoms with Crippen LogP contribution in [0.3, 0.4) is 0 Å². The third-order valence-corrected chi connectivity index (χ3v) is 6.15. The summed E-state index contributed by atoms with van der Waals surface area (Å²) in [7, 11) is 0. The molecule has 0 radical (unpaired) electrons. The van der Waals surface area contributed by atoms with E-state index in [0.29, 0.717) is 30.4 Å². The lowest BCUT2D eigenvalue weighted by Crippen LogP contribution is -2.33. The molecule has 5 nitrogen and oxygen atoms in total. The minimum atomic E-state index is -0.633. The highest BCUT2D eigenvalue weighted by Crippen LogP contribution is 2.46. The van der Waals surface area contributed by atoms with Crippen molar-refractivity contribution < 1.29 is 19.2 Å². The van der Waals surface area contributed by atoms with Gasteiger partial charge in [-0.25, -0.2) is 0 Å². The zero-order valence-corrected chi connectivity index (χ0v) is 15.1. The lowest BCUT2D eigenvalue weighted by Gasteiger charge is -2.31. The number of benzene rings is 1. The van der Waals surface area contributed by atoms with E-state index in [-0.39, 0.29) is 17.5 Å². The molecule has 1 heterocycles. The van der Waals surface area contributed by atoms with E-state index in [0.717, 1.165) is 56.4 Å². The molecule has 0 bridgehead atoms. The third-order valence-electron chi connectivity index (χ3n) is 6.15. The molecule has 0 spiro atoms. The Labute approximate surface area is 154 Å². The normalized spacial score (nSPS) is 27.6. The second-order valence-corrected chi connectivity index (χ2v) is 8.11. The van der Waals surface area contributed by atoms with E-state index in [1.807, 2.05) is 12.1 Å². The molecule has 2 N–H and O–H groups in total. The van der Waals surface area contributed by atoms with Crippen LogP contribution < -0.4 is 10.7 Å². The maximum Gasteiger partial charge on any atom is 0.148 e. The number of rotatable bonds is 5. The van der Waals surface area contributed by atoms with E-state index in [9.17, 15) is 9.59 Å². The summed E-state index contributed by atoms with van der Waals surface area (Å²) in [6, 6.07) is 5.60. The van der Waals surface area contributed by atoms with Gasteiger partial charge in [-0.05, 0) is 73.1 Å². The van der Waals surface area contributed by atoms with Gasteiger partial charge in [0, 0.05) is 26.1 Å². The Kier molecular flexibility index (Phi) is 5.09. The second kappa shape index (κ2) is 7.49. The van der Waals surface area contributed by atoms with Crippen LogP contribution in [-0.2, 0) is 14.3 Å². The molecular formula is C21H27NO4. The summed E-state index contributed by atoms with van der Waals surface area (Å²) in [5.74, 6) is 6.55. The van der Waals surface area contributed by atoms with Gasteiger partial charge < -0.3 is 9.57 Å². The van der Waals surface area contributed by atoms with Crippen LogP contribution in [0.4, 0.5) is 0 Å². The molecule has 2 saturated carbocycles. The lowest BCUT2D eigenvalue weighted by atomic mass is 9.72. The minimum Gasteiger partial charge on any atom is -0.412 e. The van der Waals surface area contributed by atoms with Crippen LogP contribution in [0.1, 0.15) is 67.9 Å². The Morgan fingerprint density at radius 1 is 0.962 bits per heavy atom. The fraction of sp³-hybridized carbons (Fsp3) is 0.619. The van der Waals surface area contributed by atoms with Crippen LogP contribution >= 0.6 is 0 Å². The SMILES string of the molecule is NOc1ccc(C2CC2)c(C2C(=O)CC(CC3CCOCC3)CC2=O)c1. The molecule has 0 unspecified atom stereocenters. The smallest absolute Gasteiger partial charge is 0.148 e. The van der Waals surface area contributed by atoms with E-state index >= 15 is 0 Å². The first-order chi connectivity index (χ1) is 12.7. The largest absolute Gasteiger partial charge is 0.412 e. The van der Waals surface area contributed by atoms with Gasteiger partial charge in [0.15, 0.2) is 0 Å². The Balaban J connectivity index is 1.51. The van der Waals surface area contributed by atoms with Gasteiger partial charge in [0.25, 0.3) is 0 Å². The third kappa shape index (κ3) is 3.69. The number of carbonyl (C=O) groups is 2. The Bertz CT molecular complexity index is 673. The highest BCUT2D eigenvalue weighted by Gasteiger charge is 2.40. The molecule has 4 rings (SSSR count). The predicted molar refractivity (Wildman–Crippen MR) is 96.9 cm³/mol. The summed E-state index contributed by atoms with van der Waals surface area (Å²) in [5.41, 5.74) is 1.95. The highest BCUT2D eigenvalue weighted by atomic mass is 16.6. The molecule has 2 aliphatic carbocycles. The number of carbonyl (C=O) groups excluding carboxylic acids is 2. The monoisotopic (exact) mass is 357 g/mol. The first-order valence-corrected chi connectivity index (χ1v) is 9.79. The van der Waals surface area contributed by atoms with Gasteiger partial charge in [-0.2, -0.15) is 5.90 Å². The first kappa shape index (κ1) is 17.7. The van der Waals surface area contributed by atoms with E-state index in [4.69, 9.17) is 15.5 Å². The standard InChI is InChI=1S/C21H27NO4/c22-26-16-3-4-17(15-1-2-15)18(12-16)21-19(23)10-14(11-20(21)24)9-13-5-7-25-8-6-13/h3-4,12-15,21H,1-2,5-11,22H2. The maximum absolute atomic E-state index is 12.9. The molecule has 3 fully saturated rings. The summed E-state index contributed by atoms with van der Waals surface area (Å²) in [6.07, 6.45) is 6.31. The molecule has 0 amide bonds. The van der Waals surface area contributed by atoms with E-state index in [1.54, 1.807) is 6.07 Å². The average Bonchev–Trinajstić information content (AvgIpc) is 3.47. The van der Waals surface area contributed by atoms with E-state index in [1.165, 1.54) is 0 Å². The van der Waals surface area contributed by atoms with Gasteiger partial charge in [0.05, 0.1) is 0 Å². The van der Waals surface area contributed by atoms with Crippen molar-refractivity contribution in [2.45, 2.75) is 56.8 Å². The van der Waals surface area contributed by atoms with Gasteiger partial charge in [-0.15, -0.1) is 0 Å². The number of hydrogen-bond acceptors (Lipinski definition) is 5. The van der Waals surface area contributed by atoms with Crippen LogP contribution in [-0.4, -0.2) is 24.8 Å². The molecular weight excluding hydrogens is 330 g/mol. The van der Waals surface area contributed by atoms with Gasteiger partial charge in [0.2, 0.25) is 0 Å². The Morgan fingerprint density at radius 2 is 1.65 bits per heavy atom. The lowest BCUT2D eigenvalue weighted by molar-refractivity contribution is -0.134. The number of nitrogens with two attached hydrogens (primary N) is 1. The molecule has 3 aliphatic rings.